The molecule has 0 radical (unpaired) electrons. The Hall–Kier alpha value is 1.79. The maximum absolute atomic E-state index is 8.06. The molecular weight excluding hydrogens is 294 g/mol. The molecule has 7 heteroatoms. The van der Waals surface area contributed by atoms with Gasteiger partial charge in [-0.3, -0.25) is 0 Å². The van der Waals surface area contributed by atoms with E-state index in [1.165, 1.54) is 0 Å². The summed E-state index contributed by atoms with van der Waals surface area (Å²) in [6.07, 6.45) is -0.333. The molecule has 0 bridgehead atoms. The molecule has 0 aromatic heterocycles. The van der Waals surface area contributed by atoms with Gasteiger partial charge in [0.05, 0.1) is 0 Å². The van der Waals surface area contributed by atoms with Gasteiger partial charge in [-0.25, -0.2) is 0 Å². The van der Waals surface area contributed by atoms with Crippen LogP contribution in [0.5, 0.6) is 0 Å². The maximum atomic E-state index is 8.06. The van der Waals surface area contributed by atoms with Gasteiger partial charge in [0.25, 0.3) is 0 Å². The van der Waals surface area contributed by atoms with E-state index in [0.717, 1.165) is 0 Å². The molecule has 0 heterocycles. The average Bonchev–Trinajstić information content (AvgIpc) is 1.25. The van der Waals surface area contributed by atoms with Gasteiger partial charge in [-0.2, -0.15) is 0 Å². The van der Waals surface area contributed by atoms with Crippen LogP contribution in [0, 0.1) is 0 Å². The number of halogens is 4. The first kappa shape index (κ1) is 46.3. The Morgan fingerprint density at radius 3 is 0.615 bits per heavy atom. The second-order valence-electron chi connectivity index (χ2n) is 2.19. The number of hydrogen-bond acceptors (Lipinski definition) is 2. The molecule has 0 atom stereocenters. The van der Waals surface area contributed by atoms with E-state index in [1.54, 1.807) is 27.7 Å². The van der Waals surface area contributed by atoms with Gasteiger partial charge in [0.2, 0.25) is 0 Å². The summed E-state index contributed by atoms with van der Waals surface area (Å²) in [5.74, 6) is 0. The zero-order valence-corrected chi connectivity index (χ0v) is 12.6. The van der Waals surface area contributed by atoms with Gasteiger partial charge in [-0.1, -0.05) is 0 Å². The summed E-state index contributed by atoms with van der Waals surface area (Å²) in [7, 11) is 0. The third kappa shape index (κ3) is 596. The predicted octanol–water partition coefficient (Wildman–Crippen LogP) is -11.2. The van der Waals surface area contributed by atoms with Crippen LogP contribution in [0.4, 0.5) is 0 Å². The Bertz CT molecular complexity index is 38.1. The molecule has 0 unspecified atom stereocenters. The minimum absolute atomic E-state index is 0. The third-order valence-corrected chi connectivity index (χ3v) is 0. The van der Waals surface area contributed by atoms with Crippen LogP contribution < -0.4 is 49.6 Å². The minimum Gasteiger partial charge on any atom is -1.00 e. The first-order valence-electron chi connectivity index (χ1n) is 2.83. The minimum atomic E-state index is -0.167. The van der Waals surface area contributed by atoms with E-state index < -0.39 is 0 Å². The van der Waals surface area contributed by atoms with E-state index in [1.807, 2.05) is 0 Å². The molecule has 0 aromatic rings. The van der Waals surface area contributed by atoms with E-state index >= 15 is 0 Å². The molecule has 0 saturated carbocycles. The van der Waals surface area contributed by atoms with Crippen molar-refractivity contribution < 1.29 is 81.6 Å². The molecule has 0 aliphatic rings. The van der Waals surface area contributed by atoms with Crippen molar-refractivity contribution in [2.75, 3.05) is 0 Å². The second kappa shape index (κ2) is 37.2. The van der Waals surface area contributed by atoms with Crippen LogP contribution in [0.15, 0.2) is 0 Å². The first-order chi connectivity index (χ1) is 3.46. The van der Waals surface area contributed by atoms with Crippen molar-refractivity contribution >= 4 is 0 Å². The summed E-state index contributed by atoms with van der Waals surface area (Å²) in [6, 6.07) is 0. The molecule has 0 rings (SSSR count). The standard InChI is InChI=1S/2C3H8O.4ClH.Ti/c2*1-3(2)4;;;;;/h2*3-4H,1-2H3;4*1H;/q;;;;;;+4/p-4. The van der Waals surface area contributed by atoms with Gasteiger partial charge in [-0.05, 0) is 27.7 Å². The maximum Gasteiger partial charge on any atom is 4.00 e. The summed E-state index contributed by atoms with van der Waals surface area (Å²) in [5.41, 5.74) is 0. The van der Waals surface area contributed by atoms with E-state index in [9.17, 15) is 0 Å². The van der Waals surface area contributed by atoms with Crippen LogP contribution in [0.2, 0.25) is 0 Å². The van der Waals surface area contributed by atoms with E-state index in [4.69, 9.17) is 10.2 Å². The molecule has 2 nitrogen and oxygen atoms in total. The third-order valence-electron chi connectivity index (χ3n) is 0. The SMILES string of the molecule is CC(C)O.CC(C)O.[Cl-].[Cl-].[Cl-].[Cl-].[Ti+4]. The van der Waals surface area contributed by atoms with Gasteiger partial charge in [0.1, 0.15) is 0 Å². The summed E-state index contributed by atoms with van der Waals surface area (Å²) in [5, 5.41) is 16.1. The fraction of sp³-hybridized carbons (Fsp3) is 1.00. The smallest absolute Gasteiger partial charge is 1.00 e. The molecule has 13 heavy (non-hydrogen) atoms. The van der Waals surface area contributed by atoms with Gasteiger partial charge in [-0.15, -0.1) is 0 Å². The Kier molecular flexibility index (Phi) is 132. The van der Waals surface area contributed by atoms with Crippen molar-refractivity contribution in [3.8, 4) is 0 Å². The fourth-order valence-corrected chi connectivity index (χ4v) is 0. The van der Waals surface area contributed by atoms with Gasteiger partial charge in [0, 0.05) is 12.2 Å². The Morgan fingerprint density at radius 1 is 0.615 bits per heavy atom. The number of aliphatic hydroxyl groups excluding tert-OH is 2. The summed E-state index contributed by atoms with van der Waals surface area (Å²) >= 11 is 0. The Balaban J connectivity index is -0.00000000800. The zero-order chi connectivity index (χ0) is 7.15. The Morgan fingerprint density at radius 2 is 0.615 bits per heavy atom. The fourth-order valence-electron chi connectivity index (χ4n) is 0. The van der Waals surface area contributed by atoms with Crippen molar-refractivity contribution in [1.82, 2.24) is 0 Å². The summed E-state index contributed by atoms with van der Waals surface area (Å²) in [6.45, 7) is 6.89. The second-order valence-corrected chi connectivity index (χ2v) is 2.19. The van der Waals surface area contributed by atoms with Crippen molar-refractivity contribution in [2.24, 2.45) is 0 Å². The zero-order valence-electron chi connectivity index (χ0n) is 8.06. The molecule has 84 valence electrons. The molecule has 0 amide bonds. The average molecular weight is 310 g/mol. The summed E-state index contributed by atoms with van der Waals surface area (Å²) in [4.78, 5) is 0. The van der Waals surface area contributed by atoms with Crippen LogP contribution in [0.25, 0.3) is 0 Å². The van der Waals surface area contributed by atoms with Crippen molar-refractivity contribution in [2.45, 2.75) is 39.9 Å². The van der Waals surface area contributed by atoms with Gasteiger partial charge < -0.3 is 59.8 Å². The van der Waals surface area contributed by atoms with Gasteiger partial charge in [0.15, 0.2) is 0 Å². The topological polar surface area (TPSA) is 40.5 Å². The molecule has 0 aliphatic carbocycles. The molecule has 0 aliphatic heterocycles. The molecule has 0 fully saturated rings. The molecule has 0 saturated heterocycles. The molecule has 2 N–H and O–H groups in total. The largest absolute Gasteiger partial charge is 4.00 e. The predicted molar refractivity (Wildman–Crippen MR) is 34.7 cm³/mol. The quantitative estimate of drug-likeness (QED) is 0.436. The van der Waals surface area contributed by atoms with Crippen molar-refractivity contribution in [1.29, 1.82) is 0 Å². The van der Waals surface area contributed by atoms with E-state index in [0.29, 0.717) is 0 Å². The monoisotopic (exact) mass is 308 g/mol. The number of hydrogen-bond donors (Lipinski definition) is 2. The number of rotatable bonds is 0. The summed E-state index contributed by atoms with van der Waals surface area (Å²) < 4.78 is 0. The van der Waals surface area contributed by atoms with E-state index in [2.05, 4.69) is 0 Å². The number of aliphatic hydroxyl groups is 2. The van der Waals surface area contributed by atoms with Crippen LogP contribution in [-0.4, -0.2) is 22.4 Å². The van der Waals surface area contributed by atoms with Crippen molar-refractivity contribution in [3.05, 3.63) is 0 Å². The molecular formula is C6H16Cl4O2Ti. The van der Waals surface area contributed by atoms with E-state index in [-0.39, 0.29) is 83.6 Å². The van der Waals surface area contributed by atoms with Crippen LogP contribution >= 0.6 is 0 Å². The van der Waals surface area contributed by atoms with Crippen LogP contribution in [-0.2, 0) is 21.7 Å². The first-order valence-corrected chi connectivity index (χ1v) is 2.83. The molecule has 0 spiro atoms. The Labute approximate surface area is 121 Å². The molecule has 0 aromatic carbocycles. The van der Waals surface area contributed by atoms with Crippen LogP contribution in [0.1, 0.15) is 27.7 Å². The van der Waals surface area contributed by atoms with Crippen molar-refractivity contribution in [3.63, 3.8) is 0 Å². The van der Waals surface area contributed by atoms with Gasteiger partial charge >= 0.3 is 21.7 Å². The van der Waals surface area contributed by atoms with Crippen LogP contribution in [0.3, 0.4) is 0 Å². The normalized spacial score (nSPS) is 5.54.